The van der Waals surface area contributed by atoms with E-state index in [-0.39, 0.29) is 11.8 Å². The van der Waals surface area contributed by atoms with E-state index in [2.05, 4.69) is 66.2 Å². The standard InChI is InChI=1S/C27H25N3OS/c1-3-19-9-11-21(12-10-19)23-17-30-24-14-13-22(15-25(24)32-27(30)29-23)26(31)28-16-18(2)20-7-5-4-6-8-20/h4-15,17-18H,3,16H2,1-2H3,(H,28,31)/t18-/m0/s1. The molecule has 1 amide bonds. The lowest BCUT2D eigenvalue weighted by atomic mass is 10.0. The van der Waals surface area contributed by atoms with Crippen LogP contribution in [0.1, 0.15) is 41.3 Å². The molecule has 5 heteroatoms. The van der Waals surface area contributed by atoms with Gasteiger partial charge in [0.05, 0.1) is 15.9 Å². The van der Waals surface area contributed by atoms with Gasteiger partial charge in [0.15, 0.2) is 4.96 Å². The fourth-order valence-electron chi connectivity index (χ4n) is 3.94. The molecule has 1 atom stereocenters. The van der Waals surface area contributed by atoms with Crippen LogP contribution >= 0.6 is 11.3 Å². The molecule has 4 nitrogen and oxygen atoms in total. The minimum atomic E-state index is -0.0441. The molecule has 0 aliphatic carbocycles. The van der Waals surface area contributed by atoms with E-state index in [1.807, 2.05) is 36.4 Å². The lowest BCUT2D eigenvalue weighted by Gasteiger charge is -2.13. The highest BCUT2D eigenvalue weighted by molar-refractivity contribution is 7.23. The summed E-state index contributed by atoms with van der Waals surface area (Å²) in [5, 5.41) is 3.07. The third-order valence-electron chi connectivity index (χ3n) is 5.95. The molecule has 3 aromatic carbocycles. The zero-order valence-corrected chi connectivity index (χ0v) is 19.0. The average Bonchev–Trinajstić information content (AvgIpc) is 3.40. The second kappa shape index (κ2) is 8.60. The Bertz CT molecular complexity index is 1380. The number of aryl methyl sites for hydroxylation is 1. The summed E-state index contributed by atoms with van der Waals surface area (Å²) < 4.78 is 3.17. The first-order chi connectivity index (χ1) is 15.6. The Hall–Kier alpha value is -3.44. The Morgan fingerprint density at radius 1 is 1.06 bits per heavy atom. The van der Waals surface area contributed by atoms with E-state index in [1.54, 1.807) is 11.3 Å². The number of nitrogens with one attached hydrogen (secondary N) is 1. The van der Waals surface area contributed by atoms with Crippen LogP contribution in [0, 0.1) is 0 Å². The van der Waals surface area contributed by atoms with Gasteiger partial charge in [-0.05, 0) is 41.7 Å². The van der Waals surface area contributed by atoms with Crippen molar-refractivity contribution < 1.29 is 4.79 Å². The molecule has 0 aliphatic rings. The third-order valence-corrected chi connectivity index (χ3v) is 6.97. The first-order valence-electron chi connectivity index (χ1n) is 11.0. The van der Waals surface area contributed by atoms with Crippen LogP contribution in [0.25, 0.3) is 26.4 Å². The SMILES string of the molecule is CCc1ccc(-c2cn3c(n2)sc2cc(C(=O)NC[C@H](C)c4ccccc4)ccc23)cc1. The maximum absolute atomic E-state index is 12.7. The molecule has 0 unspecified atom stereocenters. The van der Waals surface area contributed by atoms with E-state index < -0.39 is 0 Å². The van der Waals surface area contributed by atoms with E-state index in [9.17, 15) is 4.79 Å². The molecule has 0 bridgehead atoms. The Morgan fingerprint density at radius 3 is 2.59 bits per heavy atom. The van der Waals surface area contributed by atoms with Crippen LogP contribution in [0.2, 0.25) is 0 Å². The summed E-state index contributed by atoms with van der Waals surface area (Å²) in [6.07, 6.45) is 3.11. The molecule has 32 heavy (non-hydrogen) atoms. The lowest BCUT2D eigenvalue weighted by Crippen LogP contribution is -2.27. The van der Waals surface area contributed by atoms with Gasteiger partial charge in [-0.25, -0.2) is 4.98 Å². The number of aromatic nitrogens is 2. The molecule has 0 radical (unpaired) electrons. The Labute approximate surface area is 191 Å². The van der Waals surface area contributed by atoms with Crippen LogP contribution in [-0.4, -0.2) is 21.8 Å². The number of carbonyl (C=O) groups is 1. The van der Waals surface area contributed by atoms with Crippen LogP contribution in [0.4, 0.5) is 0 Å². The number of rotatable bonds is 6. The largest absolute Gasteiger partial charge is 0.351 e. The molecule has 5 aromatic rings. The second-order valence-electron chi connectivity index (χ2n) is 8.14. The maximum atomic E-state index is 12.7. The average molecular weight is 440 g/mol. The number of carbonyl (C=O) groups excluding carboxylic acids is 1. The van der Waals surface area contributed by atoms with Gasteiger partial charge in [-0.2, -0.15) is 0 Å². The number of fused-ring (bicyclic) bond motifs is 3. The molecule has 2 aromatic heterocycles. The smallest absolute Gasteiger partial charge is 0.251 e. The van der Waals surface area contributed by atoms with Gasteiger partial charge in [-0.3, -0.25) is 9.20 Å². The summed E-state index contributed by atoms with van der Waals surface area (Å²) in [5.74, 6) is 0.219. The highest BCUT2D eigenvalue weighted by Crippen LogP contribution is 2.30. The summed E-state index contributed by atoms with van der Waals surface area (Å²) in [5.41, 5.74) is 6.39. The number of amides is 1. The predicted octanol–water partition coefficient (Wildman–Crippen LogP) is 6.31. The molecule has 0 fully saturated rings. The van der Waals surface area contributed by atoms with Crippen molar-refractivity contribution in [3.63, 3.8) is 0 Å². The summed E-state index contributed by atoms with van der Waals surface area (Å²) in [6, 6.07) is 24.7. The van der Waals surface area contributed by atoms with Crippen molar-refractivity contribution in [2.24, 2.45) is 0 Å². The summed E-state index contributed by atoms with van der Waals surface area (Å²) in [7, 11) is 0. The number of hydrogen-bond donors (Lipinski definition) is 1. The van der Waals surface area contributed by atoms with E-state index >= 15 is 0 Å². The molecule has 1 N–H and O–H groups in total. The van der Waals surface area contributed by atoms with Crippen molar-refractivity contribution in [1.29, 1.82) is 0 Å². The number of thiazole rings is 1. The molecule has 0 aliphatic heterocycles. The number of imidazole rings is 1. The summed E-state index contributed by atoms with van der Waals surface area (Å²) >= 11 is 1.61. The highest BCUT2D eigenvalue weighted by Gasteiger charge is 2.14. The van der Waals surface area contributed by atoms with Crippen LogP contribution in [0.3, 0.4) is 0 Å². The fourth-order valence-corrected chi connectivity index (χ4v) is 4.99. The Morgan fingerprint density at radius 2 is 1.84 bits per heavy atom. The van der Waals surface area contributed by atoms with Gasteiger partial charge < -0.3 is 5.32 Å². The van der Waals surface area contributed by atoms with Crippen molar-refractivity contribution in [3.05, 3.63) is 95.7 Å². The van der Waals surface area contributed by atoms with Gasteiger partial charge in [0.25, 0.3) is 5.91 Å². The third kappa shape index (κ3) is 3.92. The molecule has 0 saturated carbocycles. The summed E-state index contributed by atoms with van der Waals surface area (Å²) in [6.45, 7) is 4.89. The molecule has 5 rings (SSSR count). The quantitative estimate of drug-likeness (QED) is 0.337. The predicted molar refractivity (Wildman–Crippen MR) is 133 cm³/mol. The van der Waals surface area contributed by atoms with Gasteiger partial charge in [0.1, 0.15) is 0 Å². The second-order valence-corrected chi connectivity index (χ2v) is 9.14. The van der Waals surface area contributed by atoms with Gasteiger partial charge in [0.2, 0.25) is 0 Å². The molecule has 0 spiro atoms. The molecular formula is C27H25N3OS. The fraction of sp³-hybridized carbons (Fsp3) is 0.185. The number of benzene rings is 3. The molecular weight excluding hydrogens is 414 g/mol. The minimum Gasteiger partial charge on any atom is -0.351 e. The first kappa shape index (κ1) is 20.5. The van der Waals surface area contributed by atoms with Crippen molar-refractivity contribution in [1.82, 2.24) is 14.7 Å². The monoisotopic (exact) mass is 439 g/mol. The van der Waals surface area contributed by atoms with Crippen LogP contribution in [0.5, 0.6) is 0 Å². The first-order valence-corrected chi connectivity index (χ1v) is 11.8. The van der Waals surface area contributed by atoms with Crippen molar-refractivity contribution >= 4 is 32.4 Å². The van der Waals surface area contributed by atoms with E-state index in [1.165, 1.54) is 11.1 Å². The van der Waals surface area contributed by atoms with E-state index in [0.717, 1.165) is 32.9 Å². The van der Waals surface area contributed by atoms with Gasteiger partial charge in [-0.15, -0.1) is 0 Å². The zero-order chi connectivity index (χ0) is 22.1. The van der Waals surface area contributed by atoms with Crippen molar-refractivity contribution in [2.45, 2.75) is 26.2 Å². The molecule has 160 valence electrons. The lowest BCUT2D eigenvalue weighted by molar-refractivity contribution is 0.0952. The Kier molecular flexibility index (Phi) is 5.50. The highest BCUT2D eigenvalue weighted by atomic mass is 32.1. The topological polar surface area (TPSA) is 46.4 Å². The normalized spacial score (nSPS) is 12.3. The Balaban J connectivity index is 1.35. The molecule has 2 heterocycles. The molecule has 0 saturated heterocycles. The van der Waals surface area contributed by atoms with Crippen LogP contribution < -0.4 is 5.32 Å². The maximum Gasteiger partial charge on any atom is 0.251 e. The van der Waals surface area contributed by atoms with E-state index in [0.29, 0.717) is 12.1 Å². The van der Waals surface area contributed by atoms with Gasteiger partial charge in [0, 0.05) is 23.9 Å². The zero-order valence-electron chi connectivity index (χ0n) is 18.2. The number of hydrogen-bond acceptors (Lipinski definition) is 3. The van der Waals surface area contributed by atoms with Crippen molar-refractivity contribution in [3.8, 4) is 11.3 Å². The van der Waals surface area contributed by atoms with Gasteiger partial charge >= 0.3 is 0 Å². The van der Waals surface area contributed by atoms with Crippen LogP contribution in [-0.2, 0) is 6.42 Å². The van der Waals surface area contributed by atoms with Crippen LogP contribution in [0.15, 0.2) is 79.0 Å². The number of nitrogens with zero attached hydrogens (tertiary/aromatic N) is 2. The minimum absolute atomic E-state index is 0.0441. The van der Waals surface area contributed by atoms with Crippen molar-refractivity contribution in [2.75, 3.05) is 6.54 Å². The van der Waals surface area contributed by atoms with E-state index in [4.69, 9.17) is 4.98 Å². The van der Waals surface area contributed by atoms with Gasteiger partial charge in [-0.1, -0.05) is 79.8 Å². The summed E-state index contributed by atoms with van der Waals surface area (Å²) in [4.78, 5) is 18.5.